The molecule has 0 unspecified atom stereocenters. The fraction of sp³-hybridized carbons (Fsp3) is 0.812. The van der Waals surface area contributed by atoms with Crippen molar-refractivity contribution < 1.29 is 57.9 Å². The first-order valence-corrected chi connectivity index (χ1v) is 16.4. The first-order chi connectivity index (χ1) is 22.5. The molecule has 0 spiro atoms. The molecule has 0 radical (unpaired) electrons. The van der Waals surface area contributed by atoms with Crippen LogP contribution in [0.2, 0.25) is 0 Å². The molecule has 0 aliphatic heterocycles. The summed E-state index contributed by atoms with van der Waals surface area (Å²) in [6.07, 6.45) is 0.636. The maximum Gasteiger partial charge on any atom is 0.326 e. The summed E-state index contributed by atoms with van der Waals surface area (Å²) in [4.78, 5) is 71.0. The van der Waals surface area contributed by atoms with Crippen molar-refractivity contribution in [2.75, 3.05) is 65.9 Å². The van der Waals surface area contributed by atoms with Crippen molar-refractivity contribution in [3.63, 3.8) is 0 Å². The smallest absolute Gasteiger partial charge is 0.326 e. The summed E-state index contributed by atoms with van der Waals surface area (Å²) in [5.74, 6) is -3.55. The van der Waals surface area contributed by atoms with Crippen molar-refractivity contribution in [1.82, 2.24) is 21.3 Å². The Kier molecular flexibility index (Phi) is 23.2. The Morgan fingerprint density at radius 1 is 0.625 bits per heavy atom. The standard InChI is InChI=1S/C32H58N4O12/c1-7-25(37)32(5,6)12-15-45-18-19-46-17-14-34-28(40)22-48-21-20-47-16-13-33-26(38)10-8-23(29(41)42)35-27(39)11-9-24(30(43)44)36-31(2,3)4/h23-24,36H,7-22H2,1-6H3,(H,33,38)(H,34,40)(H,35,39)(H,41,42)(H,43,44)/t23-,24-/m0/s1. The molecule has 278 valence electrons. The van der Waals surface area contributed by atoms with Gasteiger partial charge in [-0.25, -0.2) is 4.79 Å². The van der Waals surface area contributed by atoms with Gasteiger partial charge in [-0.05, 0) is 40.0 Å². The zero-order valence-electron chi connectivity index (χ0n) is 29.4. The van der Waals surface area contributed by atoms with E-state index in [4.69, 9.17) is 18.9 Å². The van der Waals surface area contributed by atoms with E-state index in [1.54, 1.807) is 20.8 Å². The van der Waals surface area contributed by atoms with Crippen molar-refractivity contribution in [3.05, 3.63) is 0 Å². The van der Waals surface area contributed by atoms with Gasteiger partial charge in [0.1, 0.15) is 24.5 Å². The number of ketones is 1. The zero-order chi connectivity index (χ0) is 36.6. The highest BCUT2D eigenvalue weighted by molar-refractivity contribution is 5.85. The molecule has 0 aliphatic rings. The molecule has 0 aliphatic carbocycles. The normalized spacial score (nSPS) is 13.0. The molecule has 6 N–H and O–H groups in total. The summed E-state index contributed by atoms with van der Waals surface area (Å²) in [6.45, 7) is 13.5. The van der Waals surface area contributed by atoms with Gasteiger partial charge in [0.15, 0.2) is 0 Å². The number of ether oxygens (including phenoxy) is 4. The molecule has 0 aromatic carbocycles. The highest BCUT2D eigenvalue weighted by atomic mass is 16.5. The van der Waals surface area contributed by atoms with E-state index in [1.807, 2.05) is 20.8 Å². The molecule has 0 saturated carbocycles. The van der Waals surface area contributed by atoms with Crippen LogP contribution >= 0.6 is 0 Å². The van der Waals surface area contributed by atoms with Crippen LogP contribution in [0, 0.1) is 5.41 Å². The molecule has 0 rings (SSSR count). The lowest BCUT2D eigenvalue weighted by atomic mass is 9.84. The maximum atomic E-state index is 12.2. The molecule has 0 aromatic rings. The van der Waals surface area contributed by atoms with Crippen molar-refractivity contribution in [1.29, 1.82) is 0 Å². The lowest BCUT2D eigenvalue weighted by Crippen LogP contribution is -2.48. The fourth-order valence-corrected chi connectivity index (χ4v) is 4.17. The SMILES string of the molecule is CCC(=O)C(C)(C)CCOCCOCCNC(=O)COCCOCCNC(=O)CC[C@H](NC(=O)CC[C@H](NC(C)(C)C)C(=O)O)C(=O)O. The van der Waals surface area contributed by atoms with Gasteiger partial charge >= 0.3 is 11.9 Å². The van der Waals surface area contributed by atoms with Gasteiger partial charge in [-0.2, -0.15) is 0 Å². The molecule has 0 aromatic heterocycles. The fourth-order valence-electron chi connectivity index (χ4n) is 4.17. The van der Waals surface area contributed by atoms with Gasteiger partial charge in [-0.1, -0.05) is 20.8 Å². The molecule has 3 amide bonds. The molecule has 48 heavy (non-hydrogen) atoms. The summed E-state index contributed by atoms with van der Waals surface area (Å²) in [5.41, 5.74) is -0.878. The first kappa shape index (κ1) is 44.8. The number of amides is 3. The predicted octanol–water partition coefficient (Wildman–Crippen LogP) is 0.652. The third kappa shape index (κ3) is 24.0. The van der Waals surface area contributed by atoms with Crippen LogP contribution in [0.3, 0.4) is 0 Å². The van der Waals surface area contributed by atoms with Crippen LogP contribution in [0.25, 0.3) is 0 Å². The minimum Gasteiger partial charge on any atom is -0.480 e. The van der Waals surface area contributed by atoms with Crippen LogP contribution in [0.1, 0.15) is 80.1 Å². The van der Waals surface area contributed by atoms with Crippen LogP contribution in [-0.4, -0.2) is 129 Å². The second-order valence-electron chi connectivity index (χ2n) is 12.8. The quantitative estimate of drug-likeness (QED) is 0.0594. The average molecular weight is 691 g/mol. The third-order valence-corrected chi connectivity index (χ3v) is 6.92. The summed E-state index contributed by atoms with van der Waals surface area (Å²) < 4.78 is 21.5. The van der Waals surface area contributed by atoms with E-state index in [1.165, 1.54) is 0 Å². The number of hydrogen-bond acceptors (Lipinski definition) is 11. The third-order valence-electron chi connectivity index (χ3n) is 6.92. The Morgan fingerprint density at radius 3 is 1.62 bits per heavy atom. The predicted molar refractivity (Wildman–Crippen MR) is 175 cm³/mol. The number of nitrogens with one attached hydrogen (secondary N) is 4. The Balaban J connectivity index is 3.89. The molecule has 0 bridgehead atoms. The molecule has 16 nitrogen and oxygen atoms in total. The van der Waals surface area contributed by atoms with E-state index in [0.717, 1.165) is 0 Å². The van der Waals surface area contributed by atoms with E-state index < -0.39 is 46.8 Å². The zero-order valence-corrected chi connectivity index (χ0v) is 29.4. The number of carboxylic acids is 2. The number of hydrogen-bond donors (Lipinski definition) is 6. The van der Waals surface area contributed by atoms with Crippen LogP contribution in [0.15, 0.2) is 0 Å². The van der Waals surface area contributed by atoms with Crippen molar-refractivity contribution >= 4 is 35.4 Å². The van der Waals surface area contributed by atoms with Crippen molar-refractivity contribution in [3.8, 4) is 0 Å². The maximum absolute atomic E-state index is 12.2. The Hall–Kier alpha value is -3.18. The molecule has 16 heteroatoms. The number of rotatable bonds is 29. The summed E-state index contributed by atoms with van der Waals surface area (Å²) in [7, 11) is 0. The molecule has 2 atom stereocenters. The Bertz CT molecular complexity index is 1000. The number of Topliss-reactive ketones (excluding diaryl/α,β-unsaturated/α-hetero) is 1. The van der Waals surface area contributed by atoms with Crippen molar-refractivity contribution in [2.45, 2.75) is 97.7 Å². The second kappa shape index (κ2) is 24.9. The van der Waals surface area contributed by atoms with Gasteiger partial charge in [-0.3, -0.25) is 29.3 Å². The van der Waals surface area contributed by atoms with Gasteiger partial charge in [0.2, 0.25) is 17.7 Å². The van der Waals surface area contributed by atoms with Crippen LogP contribution in [-0.2, 0) is 47.7 Å². The molecule has 0 saturated heterocycles. The summed E-state index contributed by atoms with van der Waals surface area (Å²) in [5, 5.41) is 29.3. The number of aliphatic carboxylic acids is 2. The van der Waals surface area contributed by atoms with Crippen LogP contribution in [0.4, 0.5) is 0 Å². The second-order valence-corrected chi connectivity index (χ2v) is 12.8. The molecule has 0 heterocycles. The van der Waals surface area contributed by atoms with Gasteiger partial charge in [0, 0.05) is 49.9 Å². The van der Waals surface area contributed by atoms with E-state index >= 15 is 0 Å². The monoisotopic (exact) mass is 690 g/mol. The number of carboxylic acid groups (broad SMARTS) is 2. The topological polar surface area (TPSA) is 228 Å². The summed E-state index contributed by atoms with van der Waals surface area (Å²) >= 11 is 0. The molecular weight excluding hydrogens is 632 g/mol. The van der Waals surface area contributed by atoms with E-state index in [9.17, 15) is 39.0 Å². The first-order valence-electron chi connectivity index (χ1n) is 16.4. The summed E-state index contributed by atoms with van der Waals surface area (Å²) in [6, 6.07) is -2.27. The van der Waals surface area contributed by atoms with Gasteiger partial charge in [0.05, 0.1) is 39.6 Å². The minimum absolute atomic E-state index is 0.0267. The average Bonchev–Trinajstić information content (AvgIpc) is 3.00. The number of carbonyl (C=O) groups excluding carboxylic acids is 4. The minimum atomic E-state index is -1.30. The molecular formula is C32H58N4O12. The highest BCUT2D eigenvalue weighted by Gasteiger charge is 2.26. The molecule has 0 fully saturated rings. The van der Waals surface area contributed by atoms with Crippen molar-refractivity contribution in [2.24, 2.45) is 5.41 Å². The highest BCUT2D eigenvalue weighted by Crippen LogP contribution is 2.23. The number of carbonyl (C=O) groups is 6. The van der Waals surface area contributed by atoms with Gasteiger partial charge < -0.3 is 45.1 Å². The van der Waals surface area contributed by atoms with E-state index in [0.29, 0.717) is 45.8 Å². The van der Waals surface area contributed by atoms with E-state index in [2.05, 4.69) is 21.3 Å². The van der Waals surface area contributed by atoms with Crippen LogP contribution < -0.4 is 21.3 Å². The van der Waals surface area contributed by atoms with E-state index in [-0.39, 0.29) is 70.3 Å². The largest absolute Gasteiger partial charge is 0.480 e. The van der Waals surface area contributed by atoms with Gasteiger partial charge in [0.25, 0.3) is 0 Å². The van der Waals surface area contributed by atoms with Crippen LogP contribution in [0.5, 0.6) is 0 Å². The van der Waals surface area contributed by atoms with Gasteiger partial charge in [-0.15, -0.1) is 0 Å². The Labute approximate surface area is 283 Å². The lowest BCUT2D eigenvalue weighted by Gasteiger charge is -2.26. The Morgan fingerprint density at radius 2 is 1.10 bits per heavy atom. The lowest BCUT2D eigenvalue weighted by molar-refractivity contribution is -0.143.